The quantitative estimate of drug-likeness (QED) is 0.413. The normalized spacial score (nSPS) is 11.1. The first-order valence-corrected chi connectivity index (χ1v) is 9.32. The van der Waals surface area contributed by atoms with Gasteiger partial charge >= 0.3 is 0 Å². The summed E-state index contributed by atoms with van der Waals surface area (Å²) in [5, 5.41) is 4.96. The number of para-hydroxylation sites is 1. The molecule has 4 rings (SSSR count). The van der Waals surface area contributed by atoms with E-state index in [2.05, 4.69) is 21.6 Å². The van der Waals surface area contributed by atoms with Crippen molar-refractivity contribution in [3.05, 3.63) is 95.3 Å². The monoisotopic (exact) mass is 380 g/mol. The zero-order valence-electron chi connectivity index (χ0n) is 16.3. The number of carbonyl (C=O) groups is 1. The van der Waals surface area contributed by atoms with Gasteiger partial charge < -0.3 is 0 Å². The lowest BCUT2D eigenvalue weighted by Crippen LogP contribution is -2.18. The van der Waals surface area contributed by atoms with Gasteiger partial charge in [-0.1, -0.05) is 42.0 Å². The number of pyridine rings is 2. The van der Waals surface area contributed by atoms with Crippen LogP contribution in [0.1, 0.15) is 27.0 Å². The van der Waals surface area contributed by atoms with Crippen LogP contribution in [0.3, 0.4) is 0 Å². The van der Waals surface area contributed by atoms with E-state index in [9.17, 15) is 4.79 Å². The number of hydrogen-bond acceptors (Lipinski definition) is 4. The summed E-state index contributed by atoms with van der Waals surface area (Å²) in [6.45, 7) is 4.04. The minimum Gasteiger partial charge on any atom is -0.267 e. The molecule has 0 radical (unpaired) electrons. The second-order valence-electron chi connectivity index (χ2n) is 6.87. The van der Waals surface area contributed by atoms with Crippen LogP contribution in [0.15, 0.2) is 78.2 Å². The van der Waals surface area contributed by atoms with Crippen LogP contribution in [-0.4, -0.2) is 22.1 Å². The number of amides is 1. The third kappa shape index (κ3) is 4.04. The summed E-state index contributed by atoms with van der Waals surface area (Å²) < 4.78 is 0. The first-order valence-electron chi connectivity index (χ1n) is 9.32. The van der Waals surface area contributed by atoms with Gasteiger partial charge in [0.05, 0.1) is 23.0 Å². The number of benzene rings is 2. The minimum absolute atomic E-state index is 0.277. The van der Waals surface area contributed by atoms with Crippen molar-refractivity contribution < 1.29 is 4.79 Å². The molecule has 1 amide bonds. The molecule has 5 nitrogen and oxygen atoms in total. The number of aromatic nitrogens is 2. The van der Waals surface area contributed by atoms with Crippen molar-refractivity contribution in [2.75, 3.05) is 0 Å². The molecule has 2 heterocycles. The Kier molecular flexibility index (Phi) is 5.12. The molecular formula is C24H20N4O. The highest BCUT2D eigenvalue weighted by atomic mass is 16.2. The van der Waals surface area contributed by atoms with Gasteiger partial charge in [-0.25, -0.2) is 10.4 Å². The highest BCUT2D eigenvalue weighted by Crippen LogP contribution is 2.24. The molecule has 4 aromatic rings. The predicted molar refractivity (Wildman–Crippen MR) is 116 cm³/mol. The van der Waals surface area contributed by atoms with Gasteiger partial charge in [-0.3, -0.25) is 9.78 Å². The molecule has 0 aliphatic carbocycles. The first kappa shape index (κ1) is 18.5. The van der Waals surface area contributed by atoms with Gasteiger partial charge in [-0.2, -0.15) is 5.10 Å². The van der Waals surface area contributed by atoms with Crippen molar-refractivity contribution >= 4 is 23.0 Å². The zero-order valence-corrected chi connectivity index (χ0v) is 16.3. The van der Waals surface area contributed by atoms with Gasteiger partial charge in [-0.15, -0.1) is 0 Å². The van der Waals surface area contributed by atoms with E-state index in [1.54, 1.807) is 24.7 Å². The average Bonchev–Trinajstić information content (AvgIpc) is 2.76. The SMILES string of the molecule is Cc1ccc(C)c(/C=N\NC(=O)c2cc(-c3ccncc3)nc3ccccc23)c1. The number of fused-ring (bicyclic) bond motifs is 1. The number of aryl methyl sites for hydroxylation is 2. The molecule has 0 fully saturated rings. The largest absolute Gasteiger partial charge is 0.272 e. The predicted octanol–water partition coefficient (Wildman–Crippen LogP) is 4.68. The molecule has 0 atom stereocenters. The van der Waals surface area contributed by atoms with Crippen LogP contribution in [0.25, 0.3) is 22.2 Å². The number of nitrogens with zero attached hydrogens (tertiary/aromatic N) is 3. The lowest BCUT2D eigenvalue weighted by atomic mass is 10.0. The third-order valence-electron chi connectivity index (χ3n) is 4.74. The Morgan fingerprint density at radius 2 is 1.79 bits per heavy atom. The van der Waals surface area contributed by atoms with E-state index in [0.717, 1.165) is 38.9 Å². The fourth-order valence-corrected chi connectivity index (χ4v) is 3.15. The van der Waals surface area contributed by atoms with Crippen molar-refractivity contribution in [1.29, 1.82) is 0 Å². The molecule has 1 N–H and O–H groups in total. The van der Waals surface area contributed by atoms with Crippen molar-refractivity contribution in [2.24, 2.45) is 5.10 Å². The lowest BCUT2D eigenvalue weighted by Gasteiger charge is -2.09. The second kappa shape index (κ2) is 8.02. The summed E-state index contributed by atoms with van der Waals surface area (Å²) >= 11 is 0. The van der Waals surface area contributed by atoms with E-state index in [1.807, 2.05) is 62.4 Å². The van der Waals surface area contributed by atoms with Crippen LogP contribution in [0, 0.1) is 13.8 Å². The minimum atomic E-state index is -0.277. The topological polar surface area (TPSA) is 67.2 Å². The van der Waals surface area contributed by atoms with Crippen molar-refractivity contribution in [3.63, 3.8) is 0 Å². The van der Waals surface area contributed by atoms with Gasteiger partial charge in [0.1, 0.15) is 0 Å². The molecule has 142 valence electrons. The fourth-order valence-electron chi connectivity index (χ4n) is 3.15. The van der Waals surface area contributed by atoms with Crippen molar-refractivity contribution in [3.8, 4) is 11.3 Å². The van der Waals surface area contributed by atoms with Crippen LogP contribution >= 0.6 is 0 Å². The van der Waals surface area contributed by atoms with E-state index in [0.29, 0.717) is 5.56 Å². The molecule has 0 saturated carbocycles. The van der Waals surface area contributed by atoms with Crippen LogP contribution < -0.4 is 5.43 Å². The summed E-state index contributed by atoms with van der Waals surface area (Å²) in [4.78, 5) is 21.7. The molecule has 0 unspecified atom stereocenters. The molecule has 0 spiro atoms. The van der Waals surface area contributed by atoms with Gasteiger partial charge in [0, 0.05) is 23.3 Å². The smallest absolute Gasteiger partial charge is 0.267 e. The van der Waals surface area contributed by atoms with Crippen LogP contribution in [0.4, 0.5) is 0 Å². The van der Waals surface area contributed by atoms with Gasteiger partial charge in [-0.05, 0) is 49.2 Å². The van der Waals surface area contributed by atoms with Gasteiger partial charge in [0.15, 0.2) is 0 Å². The Bertz CT molecular complexity index is 1220. The summed E-state index contributed by atoms with van der Waals surface area (Å²) in [5.74, 6) is -0.277. The molecule has 29 heavy (non-hydrogen) atoms. The van der Waals surface area contributed by atoms with Gasteiger partial charge in [0.2, 0.25) is 0 Å². The van der Waals surface area contributed by atoms with Crippen molar-refractivity contribution in [1.82, 2.24) is 15.4 Å². The Hall–Kier alpha value is -3.86. The summed E-state index contributed by atoms with van der Waals surface area (Å²) in [7, 11) is 0. The Morgan fingerprint density at radius 1 is 1.00 bits per heavy atom. The van der Waals surface area contributed by atoms with E-state index in [1.165, 1.54) is 0 Å². The molecule has 5 heteroatoms. The van der Waals surface area contributed by atoms with Crippen LogP contribution in [-0.2, 0) is 0 Å². The maximum Gasteiger partial charge on any atom is 0.272 e. The molecular weight excluding hydrogens is 360 g/mol. The fraction of sp³-hybridized carbons (Fsp3) is 0.0833. The van der Waals surface area contributed by atoms with E-state index in [4.69, 9.17) is 4.98 Å². The highest BCUT2D eigenvalue weighted by Gasteiger charge is 2.13. The first-order chi connectivity index (χ1) is 14.1. The molecule has 0 saturated heterocycles. The standard InChI is InChI=1S/C24H20N4O/c1-16-7-8-17(2)19(13-16)15-26-28-24(29)21-14-23(18-9-11-25-12-10-18)27-22-6-4-3-5-20(21)22/h3-15H,1-2H3,(H,28,29)/b26-15-. The average molecular weight is 380 g/mol. The van der Waals surface area contributed by atoms with E-state index < -0.39 is 0 Å². The number of carbonyl (C=O) groups excluding carboxylic acids is 1. The molecule has 0 aliphatic rings. The summed E-state index contributed by atoms with van der Waals surface area (Å²) in [6, 6.07) is 19.3. The Morgan fingerprint density at radius 3 is 2.62 bits per heavy atom. The maximum atomic E-state index is 12.9. The van der Waals surface area contributed by atoms with E-state index in [-0.39, 0.29) is 5.91 Å². The molecule has 2 aromatic heterocycles. The van der Waals surface area contributed by atoms with Gasteiger partial charge in [0.25, 0.3) is 5.91 Å². The lowest BCUT2D eigenvalue weighted by molar-refractivity contribution is 0.0956. The Labute approximate surface area is 169 Å². The Balaban J connectivity index is 1.68. The van der Waals surface area contributed by atoms with Crippen LogP contribution in [0.5, 0.6) is 0 Å². The second-order valence-corrected chi connectivity index (χ2v) is 6.87. The maximum absolute atomic E-state index is 12.9. The number of hydrazone groups is 1. The summed E-state index contributed by atoms with van der Waals surface area (Å²) in [6.07, 6.45) is 5.09. The van der Waals surface area contributed by atoms with E-state index >= 15 is 0 Å². The third-order valence-corrected chi connectivity index (χ3v) is 4.74. The summed E-state index contributed by atoms with van der Waals surface area (Å²) in [5.41, 5.74) is 8.78. The molecule has 2 aromatic carbocycles. The number of rotatable bonds is 4. The van der Waals surface area contributed by atoms with Crippen LogP contribution in [0.2, 0.25) is 0 Å². The molecule has 0 bridgehead atoms. The van der Waals surface area contributed by atoms with Crippen molar-refractivity contribution in [2.45, 2.75) is 13.8 Å². The molecule has 0 aliphatic heterocycles. The zero-order chi connectivity index (χ0) is 20.2. The number of nitrogens with one attached hydrogen (secondary N) is 1. The highest BCUT2D eigenvalue weighted by molar-refractivity contribution is 6.07. The number of hydrogen-bond donors (Lipinski definition) is 1.